The smallest absolute Gasteiger partial charge is 0.326 e. The lowest BCUT2D eigenvalue weighted by Gasteiger charge is -2.23. The third kappa shape index (κ3) is 4.28. The molecule has 4 rings (SSSR count). The zero-order valence-electron chi connectivity index (χ0n) is 14.6. The average molecular weight is 374 g/mol. The molecule has 0 aromatic heterocycles. The molecule has 0 aliphatic heterocycles. The summed E-state index contributed by atoms with van der Waals surface area (Å²) in [5.74, 6) is 0.448. The van der Waals surface area contributed by atoms with Gasteiger partial charge in [-0.05, 0) is 46.7 Å². The van der Waals surface area contributed by atoms with Gasteiger partial charge in [-0.3, -0.25) is 0 Å². The minimum atomic E-state index is -1.65. The Bertz CT molecular complexity index is 964. The van der Waals surface area contributed by atoms with Gasteiger partial charge in [0.25, 0.3) is 0 Å². The summed E-state index contributed by atoms with van der Waals surface area (Å²) in [5, 5.41) is 13.2. The zero-order valence-corrected chi connectivity index (χ0v) is 15.5. The number of hydrogen-bond acceptors (Lipinski definition) is 3. The van der Waals surface area contributed by atoms with E-state index in [-0.39, 0.29) is 0 Å². The SMILES string of the molecule is OC(c1ccc2ccccc2c1)P(Oc1ccccc1)Oc1ccccc1. The van der Waals surface area contributed by atoms with Crippen LogP contribution in [0.2, 0.25) is 0 Å². The molecule has 1 atom stereocenters. The lowest BCUT2D eigenvalue weighted by Crippen LogP contribution is -2.06. The molecule has 0 spiro atoms. The summed E-state index contributed by atoms with van der Waals surface area (Å²) in [6, 6.07) is 32.9. The van der Waals surface area contributed by atoms with Crippen molar-refractivity contribution in [1.29, 1.82) is 0 Å². The third-order valence-electron chi connectivity index (χ3n) is 4.15. The monoisotopic (exact) mass is 374 g/mol. The number of benzene rings is 4. The quantitative estimate of drug-likeness (QED) is 0.403. The maximum atomic E-state index is 11.0. The van der Waals surface area contributed by atoms with Crippen molar-refractivity contribution in [2.24, 2.45) is 0 Å². The summed E-state index contributed by atoms with van der Waals surface area (Å²) in [6.07, 6.45) is 0. The highest BCUT2D eigenvalue weighted by atomic mass is 31.2. The van der Waals surface area contributed by atoms with Crippen molar-refractivity contribution < 1.29 is 14.2 Å². The van der Waals surface area contributed by atoms with Gasteiger partial charge in [0, 0.05) is 0 Å². The Hall–Kier alpha value is -2.87. The predicted octanol–water partition coefficient (Wildman–Crippen LogP) is 6.30. The van der Waals surface area contributed by atoms with Gasteiger partial charge in [0.05, 0.1) is 0 Å². The molecular weight excluding hydrogens is 355 g/mol. The number of hydrogen-bond donors (Lipinski definition) is 1. The highest BCUT2D eigenvalue weighted by Gasteiger charge is 2.27. The van der Waals surface area contributed by atoms with Crippen LogP contribution in [0.15, 0.2) is 103 Å². The molecule has 4 aromatic rings. The average Bonchev–Trinajstić information content (AvgIpc) is 2.74. The molecule has 0 saturated heterocycles. The van der Waals surface area contributed by atoms with Crippen molar-refractivity contribution in [3.63, 3.8) is 0 Å². The van der Waals surface area contributed by atoms with Gasteiger partial charge in [-0.2, -0.15) is 0 Å². The van der Waals surface area contributed by atoms with Crippen molar-refractivity contribution in [2.45, 2.75) is 5.85 Å². The van der Waals surface area contributed by atoms with E-state index in [4.69, 9.17) is 9.05 Å². The molecule has 0 heterocycles. The molecule has 0 aliphatic carbocycles. The molecule has 4 heteroatoms. The highest BCUT2D eigenvalue weighted by Crippen LogP contribution is 2.51. The van der Waals surface area contributed by atoms with E-state index in [1.165, 1.54) is 0 Å². The van der Waals surface area contributed by atoms with Crippen molar-refractivity contribution in [1.82, 2.24) is 0 Å². The van der Waals surface area contributed by atoms with Crippen LogP contribution in [0, 0.1) is 0 Å². The molecule has 0 radical (unpaired) electrons. The molecule has 0 amide bonds. The van der Waals surface area contributed by atoms with E-state index >= 15 is 0 Å². The van der Waals surface area contributed by atoms with Gasteiger partial charge in [-0.15, -0.1) is 0 Å². The normalized spacial score (nSPS) is 12.1. The van der Waals surface area contributed by atoms with Crippen LogP contribution in [0.5, 0.6) is 11.5 Å². The number of para-hydroxylation sites is 2. The van der Waals surface area contributed by atoms with Gasteiger partial charge in [-0.25, -0.2) is 0 Å². The molecule has 1 unspecified atom stereocenters. The molecule has 0 saturated carbocycles. The van der Waals surface area contributed by atoms with Crippen LogP contribution in [-0.2, 0) is 0 Å². The van der Waals surface area contributed by atoms with Crippen molar-refractivity contribution in [3.05, 3.63) is 109 Å². The highest BCUT2D eigenvalue weighted by molar-refractivity contribution is 7.48. The van der Waals surface area contributed by atoms with Gasteiger partial charge in [0.2, 0.25) is 0 Å². The standard InChI is InChI=1S/C23H19O3P/c24-23(20-16-15-18-9-7-8-10-19(18)17-20)27(25-21-11-3-1-4-12-21)26-22-13-5-2-6-14-22/h1-17,23-24H. The van der Waals surface area contributed by atoms with E-state index in [2.05, 4.69) is 6.07 Å². The summed E-state index contributed by atoms with van der Waals surface area (Å²) in [4.78, 5) is 0. The first-order valence-corrected chi connectivity index (χ1v) is 9.96. The van der Waals surface area contributed by atoms with E-state index in [1.807, 2.05) is 97.1 Å². The summed E-state index contributed by atoms with van der Waals surface area (Å²) < 4.78 is 12.1. The van der Waals surface area contributed by atoms with E-state index < -0.39 is 14.2 Å². The second kappa shape index (κ2) is 8.22. The lowest BCUT2D eigenvalue weighted by molar-refractivity contribution is 0.237. The van der Waals surface area contributed by atoms with Crippen LogP contribution in [0.1, 0.15) is 11.4 Å². The van der Waals surface area contributed by atoms with E-state index in [9.17, 15) is 5.11 Å². The minimum absolute atomic E-state index is 0.666. The van der Waals surface area contributed by atoms with Crippen molar-refractivity contribution >= 4 is 19.1 Å². The molecule has 4 aromatic carbocycles. The first-order chi connectivity index (χ1) is 13.3. The molecule has 0 bridgehead atoms. The first kappa shape index (κ1) is 17.5. The van der Waals surface area contributed by atoms with Gasteiger partial charge in [0.1, 0.15) is 11.5 Å². The van der Waals surface area contributed by atoms with Gasteiger partial charge < -0.3 is 14.2 Å². The Balaban J connectivity index is 1.64. The summed E-state index contributed by atoms with van der Waals surface area (Å²) in [6.45, 7) is 0. The van der Waals surface area contributed by atoms with Gasteiger partial charge in [0.15, 0.2) is 5.85 Å². The number of aliphatic hydroxyl groups is 1. The van der Waals surface area contributed by atoms with Crippen LogP contribution in [0.4, 0.5) is 0 Å². The van der Waals surface area contributed by atoms with Crippen LogP contribution < -0.4 is 9.05 Å². The maximum Gasteiger partial charge on any atom is 0.326 e. The topological polar surface area (TPSA) is 38.7 Å². The molecule has 1 N–H and O–H groups in total. The number of rotatable bonds is 6. The Labute approximate surface area is 159 Å². The second-order valence-electron chi connectivity index (χ2n) is 6.07. The predicted molar refractivity (Wildman–Crippen MR) is 110 cm³/mol. The summed E-state index contributed by atoms with van der Waals surface area (Å²) >= 11 is 0. The Morgan fingerprint density at radius 2 is 1.11 bits per heavy atom. The largest absolute Gasteiger partial charge is 0.437 e. The molecule has 134 valence electrons. The third-order valence-corrected chi connectivity index (χ3v) is 5.63. The van der Waals surface area contributed by atoms with Crippen molar-refractivity contribution in [2.75, 3.05) is 0 Å². The van der Waals surface area contributed by atoms with Gasteiger partial charge in [-0.1, -0.05) is 72.8 Å². The summed E-state index contributed by atoms with van der Waals surface area (Å²) in [5.41, 5.74) is 0.770. The lowest BCUT2D eigenvalue weighted by atomic mass is 10.1. The van der Waals surface area contributed by atoms with Crippen LogP contribution in [0.3, 0.4) is 0 Å². The second-order valence-corrected chi connectivity index (χ2v) is 7.50. The fraction of sp³-hybridized carbons (Fsp3) is 0.0435. The molecular formula is C23H19O3P. The van der Waals surface area contributed by atoms with Gasteiger partial charge >= 0.3 is 8.38 Å². The Morgan fingerprint density at radius 3 is 1.70 bits per heavy atom. The fourth-order valence-corrected chi connectivity index (χ4v) is 4.08. The molecule has 0 aliphatic rings. The maximum absolute atomic E-state index is 11.0. The van der Waals surface area contributed by atoms with Crippen LogP contribution >= 0.6 is 8.38 Å². The van der Waals surface area contributed by atoms with Crippen molar-refractivity contribution in [3.8, 4) is 11.5 Å². The first-order valence-electron chi connectivity index (χ1n) is 8.72. The number of fused-ring (bicyclic) bond motifs is 1. The fourth-order valence-electron chi connectivity index (χ4n) is 2.78. The summed E-state index contributed by atoms with van der Waals surface area (Å²) in [7, 11) is -1.65. The number of aliphatic hydroxyl groups excluding tert-OH is 1. The molecule has 0 fully saturated rings. The minimum Gasteiger partial charge on any atom is -0.437 e. The van der Waals surface area contributed by atoms with Crippen LogP contribution in [0.25, 0.3) is 10.8 Å². The van der Waals surface area contributed by atoms with E-state index in [0.717, 1.165) is 16.3 Å². The Kier molecular flexibility index (Phi) is 5.34. The zero-order chi connectivity index (χ0) is 18.5. The Morgan fingerprint density at radius 1 is 0.593 bits per heavy atom. The van der Waals surface area contributed by atoms with Crippen LogP contribution in [-0.4, -0.2) is 5.11 Å². The molecule has 3 nitrogen and oxygen atoms in total. The molecule has 27 heavy (non-hydrogen) atoms. The van der Waals surface area contributed by atoms with E-state index in [1.54, 1.807) is 0 Å². The van der Waals surface area contributed by atoms with E-state index in [0.29, 0.717) is 11.5 Å².